The van der Waals surface area contributed by atoms with Gasteiger partial charge in [0.2, 0.25) is 0 Å². The predicted molar refractivity (Wildman–Crippen MR) is 42.3 cm³/mol. The van der Waals surface area contributed by atoms with E-state index >= 15 is 0 Å². The number of allylic oxidation sites excluding steroid dienone is 1. The second kappa shape index (κ2) is 2.46. The van der Waals surface area contributed by atoms with Gasteiger partial charge in [0.05, 0.1) is 5.38 Å². The van der Waals surface area contributed by atoms with E-state index in [1.807, 2.05) is 0 Å². The molecule has 10 heavy (non-hydrogen) atoms. The fourth-order valence-corrected chi connectivity index (χ4v) is 0.966. The quantitative estimate of drug-likeness (QED) is 0.438. The molecule has 0 radical (unpaired) electrons. The lowest BCUT2D eigenvalue weighted by Crippen LogP contribution is -2.41. The molecule has 4 heteroatoms. The van der Waals surface area contributed by atoms with Crippen LogP contribution in [0, 0.1) is 0 Å². The predicted octanol–water partition coefficient (Wildman–Crippen LogP) is 1.50. The maximum Gasteiger partial charge on any atom is 0.130 e. The summed E-state index contributed by atoms with van der Waals surface area (Å²) in [5.74, 6) is 0.0988. The fourth-order valence-electron chi connectivity index (χ4n) is 0.638. The third kappa shape index (κ3) is 1.45. The molecular formula is C6H7Cl2NO. The molecule has 0 aliphatic heterocycles. The first-order valence-corrected chi connectivity index (χ1v) is 3.56. The van der Waals surface area contributed by atoms with E-state index in [4.69, 9.17) is 34.0 Å². The van der Waals surface area contributed by atoms with E-state index in [0.29, 0.717) is 0 Å². The standard InChI is InChI=1S/C6H7Cl2NO/c7-5-3-4(10)1-2-6(5,8)9/h1-3,5,10H,9H2. The molecule has 0 aromatic heterocycles. The van der Waals surface area contributed by atoms with Gasteiger partial charge in [-0.25, -0.2) is 0 Å². The normalized spacial score (nSPS) is 39.5. The van der Waals surface area contributed by atoms with Gasteiger partial charge < -0.3 is 10.8 Å². The Balaban J connectivity index is 2.84. The number of nitrogens with two attached hydrogens (primary N) is 1. The summed E-state index contributed by atoms with van der Waals surface area (Å²) in [6.07, 6.45) is 4.28. The Morgan fingerprint density at radius 1 is 1.70 bits per heavy atom. The monoisotopic (exact) mass is 179 g/mol. The number of hydrogen-bond donors (Lipinski definition) is 2. The molecular weight excluding hydrogens is 173 g/mol. The van der Waals surface area contributed by atoms with E-state index < -0.39 is 10.4 Å². The van der Waals surface area contributed by atoms with Crippen molar-refractivity contribution in [1.29, 1.82) is 0 Å². The van der Waals surface area contributed by atoms with E-state index in [1.54, 1.807) is 0 Å². The number of alkyl halides is 2. The highest BCUT2D eigenvalue weighted by Crippen LogP contribution is 2.26. The minimum Gasteiger partial charge on any atom is -0.508 e. The maximum atomic E-state index is 8.89. The molecule has 2 nitrogen and oxygen atoms in total. The molecule has 0 bridgehead atoms. The van der Waals surface area contributed by atoms with E-state index in [0.717, 1.165) is 0 Å². The van der Waals surface area contributed by atoms with Crippen molar-refractivity contribution in [2.45, 2.75) is 10.4 Å². The van der Waals surface area contributed by atoms with Crippen molar-refractivity contribution in [2.24, 2.45) is 5.73 Å². The smallest absolute Gasteiger partial charge is 0.130 e. The SMILES string of the molecule is NC1(Cl)C=CC(O)=CC1Cl. The lowest BCUT2D eigenvalue weighted by Gasteiger charge is -2.23. The molecule has 56 valence electrons. The van der Waals surface area contributed by atoms with Crippen molar-refractivity contribution in [3.8, 4) is 0 Å². The van der Waals surface area contributed by atoms with Gasteiger partial charge in [-0.15, -0.1) is 11.6 Å². The molecule has 0 spiro atoms. The lowest BCUT2D eigenvalue weighted by molar-refractivity contribution is 0.423. The first-order chi connectivity index (χ1) is 4.52. The Morgan fingerprint density at radius 3 is 2.70 bits per heavy atom. The van der Waals surface area contributed by atoms with Gasteiger partial charge >= 0.3 is 0 Å². The molecule has 0 fully saturated rings. The summed E-state index contributed by atoms with van der Waals surface area (Å²) in [7, 11) is 0. The summed E-state index contributed by atoms with van der Waals surface area (Å²) in [5.41, 5.74) is 5.47. The van der Waals surface area contributed by atoms with Crippen LogP contribution in [0.25, 0.3) is 0 Å². The Bertz CT molecular complexity index is 198. The van der Waals surface area contributed by atoms with E-state index in [2.05, 4.69) is 0 Å². The number of hydrogen-bond acceptors (Lipinski definition) is 2. The Hall–Kier alpha value is -0.180. The van der Waals surface area contributed by atoms with E-state index in [1.165, 1.54) is 18.2 Å². The van der Waals surface area contributed by atoms with Crippen LogP contribution in [-0.4, -0.2) is 15.5 Å². The van der Waals surface area contributed by atoms with Crippen LogP contribution in [0.1, 0.15) is 0 Å². The van der Waals surface area contributed by atoms with Gasteiger partial charge in [-0.05, 0) is 18.2 Å². The molecule has 0 saturated heterocycles. The molecule has 1 aliphatic carbocycles. The van der Waals surface area contributed by atoms with Crippen LogP contribution in [0.2, 0.25) is 0 Å². The number of aliphatic hydroxyl groups is 1. The van der Waals surface area contributed by atoms with Gasteiger partial charge in [-0.1, -0.05) is 11.6 Å². The number of halogens is 2. The molecule has 2 unspecified atom stereocenters. The van der Waals surface area contributed by atoms with Gasteiger partial charge in [0.25, 0.3) is 0 Å². The number of aliphatic hydroxyl groups excluding tert-OH is 1. The summed E-state index contributed by atoms with van der Waals surface area (Å²) in [4.78, 5) is -1.06. The minimum absolute atomic E-state index is 0.0988. The van der Waals surface area contributed by atoms with Gasteiger partial charge in [-0.2, -0.15) is 0 Å². The minimum atomic E-state index is -1.06. The van der Waals surface area contributed by atoms with Gasteiger partial charge in [0.1, 0.15) is 10.8 Å². The summed E-state index contributed by atoms with van der Waals surface area (Å²) in [5, 5.41) is 8.33. The van der Waals surface area contributed by atoms with Crippen molar-refractivity contribution < 1.29 is 5.11 Å². The molecule has 1 rings (SSSR count). The average Bonchev–Trinajstić information content (AvgIpc) is 1.81. The van der Waals surface area contributed by atoms with Crippen LogP contribution in [0.3, 0.4) is 0 Å². The van der Waals surface area contributed by atoms with Crippen molar-refractivity contribution in [2.75, 3.05) is 0 Å². The van der Waals surface area contributed by atoms with E-state index in [9.17, 15) is 0 Å². The van der Waals surface area contributed by atoms with Gasteiger partial charge in [0.15, 0.2) is 0 Å². The highest BCUT2D eigenvalue weighted by molar-refractivity contribution is 6.34. The highest BCUT2D eigenvalue weighted by Gasteiger charge is 2.29. The van der Waals surface area contributed by atoms with Crippen molar-refractivity contribution in [3.63, 3.8) is 0 Å². The first-order valence-electron chi connectivity index (χ1n) is 2.74. The van der Waals surface area contributed by atoms with Crippen LogP contribution in [-0.2, 0) is 0 Å². The van der Waals surface area contributed by atoms with Crippen LogP contribution in [0.4, 0.5) is 0 Å². The van der Waals surface area contributed by atoms with Crippen LogP contribution < -0.4 is 5.73 Å². The number of rotatable bonds is 0. The lowest BCUT2D eigenvalue weighted by atomic mass is 10.1. The summed E-state index contributed by atoms with van der Waals surface area (Å²) >= 11 is 11.3. The molecule has 0 aromatic rings. The van der Waals surface area contributed by atoms with Crippen molar-refractivity contribution in [3.05, 3.63) is 24.0 Å². The second-order valence-electron chi connectivity index (χ2n) is 2.15. The maximum absolute atomic E-state index is 8.89. The fraction of sp³-hybridized carbons (Fsp3) is 0.333. The third-order valence-corrected chi connectivity index (χ3v) is 2.21. The first kappa shape index (κ1) is 7.92. The largest absolute Gasteiger partial charge is 0.508 e. The molecule has 0 amide bonds. The van der Waals surface area contributed by atoms with Crippen molar-refractivity contribution >= 4 is 23.2 Å². The zero-order valence-electron chi connectivity index (χ0n) is 5.09. The van der Waals surface area contributed by atoms with Crippen LogP contribution >= 0.6 is 23.2 Å². The highest BCUT2D eigenvalue weighted by atomic mass is 35.5. The Kier molecular flexibility index (Phi) is 1.95. The molecule has 0 heterocycles. The molecule has 1 aliphatic rings. The average molecular weight is 180 g/mol. The van der Waals surface area contributed by atoms with Crippen molar-refractivity contribution in [1.82, 2.24) is 0 Å². The summed E-state index contributed by atoms with van der Waals surface area (Å²) in [6, 6.07) is 0. The molecule has 3 N–H and O–H groups in total. The van der Waals surface area contributed by atoms with E-state index in [-0.39, 0.29) is 5.76 Å². The Morgan fingerprint density at radius 2 is 2.30 bits per heavy atom. The zero-order valence-corrected chi connectivity index (χ0v) is 6.60. The molecule has 0 aromatic carbocycles. The summed E-state index contributed by atoms with van der Waals surface area (Å²) in [6.45, 7) is 0. The summed E-state index contributed by atoms with van der Waals surface area (Å²) < 4.78 is 0. The van der Waals surface area contributed by atoms with Gasteiger partial charge in [-0.3, -0.25) is 0 Å². The topological polar surface area (TPSA) is 46.2 Å². The second-order valence-corrected chi connectivity index (χ2v) is 3.28. The van der Waals surface area contributed by atoms with Gasteiger partial charge in [0, 0.05) is 0 Å². The Labute approximate surface area is 68.9 Å². The molecule has 2 atom stereocenters. The molecule has 0 saturated carbocycles. The third-order valence-electron chi connectivity index (χ3n) is 1.25. The van der Waals surface area contributed by atoms with Crippen LogP contribution in [0.15, 0.2) is 24.0 Å². The van der Waals surface area contributed by atoms with Crippen LogP contribution in [0.5, 0.6) is 0 Å². The zero-order chi connectivity index (χ0) is 7.78.